The summed E-state index contributed by atoms with van der Waals surface area (Å²) in [5.41, 5.74) is 1.87. The van der Waals surface area contributed by atoms with E-state index in [1.54, 1.807) is 38.5 Å². The smallest absolute Gasteiger partial charge is 0.160 e. The van der Waals surface area contributed by atoms with Gasteiger partial charge in [-0.15, -0.1) is 0 Å². The molecule has 2 saturated heterocycles. The fraction of sp³-hybridized carbons (Fsp3) is 0.519. The molecule has 4 rings (SSSR count). The zero-order chi connectivity index (χ0) is 23.9. The number of aliphatic hydroxyl groups is 1. The molecule has 2 heterocycles. The fourth-order valence-electron chi connectivity index (χ4n) is 5.32. The van der Waals surface area contributed by atoms with Crippen LogP contribution in [-0.2, 0) is 6.42 Å². The van der Waals surface area contributed by atoms with E-state index in [1.807, 2.05) is 6.07 Å². The van der Waals surface area contributed by atoms with Crippen LogP contribution in [0.5, 0.6) is 17.2 Å². The standard InChI is InChI=1S/C27H35N3O4/c1-32-26-8-5-20(12-27(26)33-2)9-10-29-14-22-11-23(15-29)17-30(16-22)18-24(31)19-34-25-6-3-21(13-28)4-7-25/h3-8,12,22-24,31H,9-11,14-19H2,1-2H3. The summed E-state index contributed by atoms with van der Waals surface area (Å²) >= 11 is 0. The number of benzene rings is 2. The van der Waals surface area contributed by atoms with Crippen molar-refractivity contribution in [2.45, 2.75) is 18.9 Å². The maximum Gasteiger partial charge on any atom is 0.160 e. The lowest BCUT2D eigenvalue weighted by Crippen LogP contribution is -2.54. The quantitative estimate of drug-likeness (QED) is 0.578. The van der Waals surface area contributed by atoms with Crippen molar-refractivity contribution >= 4 is 0 Å². The molecule has 34 heavy (non-hydrogen) atoms. The fourth-order valence-corrected chi connectivity index (χ4v) is 5.32. The molecular weight excluding hydrogens is 430 g/mol. The molecule has 7 heteroatoms. The van der Waals surface area contributed by atoms with Crippen LogP contribution in [0.2, 0.25) is 0 Å². The number of β-amino-alcohol motifs (C(OH)–C–C–N with tert-alkyl or cyclic N) is 1. The Kier molecular flexibility index (Phi) is 8.28. The molecule has 0 saturated carbocycles. The molecule has 2 bridgehead atoms. The van der Waals surface area contributed by atoms with Crippen LogP contribution >= 0.6 is 0 Å². The summed E-state index contributed by atoms with van der Waals surface area (Å²) in [6, 6.07) is 15.3. The van der Waals surface area contributed by atoms with Crippen LogP contribution in [0.3, 0.4) is 0 Å². The van der Waals surface area contributed by atoms with E-state index in [4.69, 9.17) is 19.5 Å². The Bertz CT molecular complexity index is 961. The first-order chi connectivity index (χ1) is 16.6. The number of ether oxygens (including phenoxy) is 3. The molecule has 7 nitrogen and oxygen atoms in total. The van der Waals surface area contributed by atoms with Gasteiger partial charge in [-0.1, -0.05) is 6.07 Å². The highest BCUT2D eigenvalue weighted by Gasteiger charge is 2.34. The molecule has 0 spiro atoms. The van der Waals surface area contributed by atoms with E-state index in [0.717, 1.165) is 50.6 Å². The van der Waals surface area contributed by atoms with Crippen molar-refractivity contribution < 1.29 is 19.3 Å². The van der Waals surface area contributed by atoms with E-state index >= 15 is 0 Å². The predicted molar refractivity (Wildman–Crippen MR) is 130 cm³/mol. The summed E-state index contributed by atoms with van der Waals surface area (Å²) in [6.45, 7) is 6.21. The van der Waals surface area contributed by atoms with Crippen LogP contribution in [0.15, 0.2) is 42.5 Å². The first kappa shape index (κ1) is 24.3. The SMILES string of the molecule is COc1ccc(CCN2CC3CC(C2)CN(CC(O)COc2ccc(C#N)cc2)C3)cc1OC. The van der Waals surface area contributed by atoms with Gasteiger partial charge in [-0.2, -0.15) is 5.26 Å². The third-order valence-electron chi connectivity index (χ3n) is 6.79. The van der Waals surface area contributed by atoms with Crippen molar-refractivity contribution in [2.24, 2.45) is 11.8 Å². The number of likely N-dealkylation sites (tertiary alicyclic amines) is 2. The van der Waals surface area contributed by atoms with Crippen molar-refractivity contribution in [1.82, 2.24) is 9.80 Å². The number of nitriles is 1. The summed E-state index contributed by atoms with van der Waals surface area (Å²) in [5, 5.41) is 19.4. The van der Waals surface area contributed by atoms with Crippen molar-refractivity contribution in [3.05, 3.63) is 53.6 Å². The van der Waals surface area contributed by atoms with Crippen molar-refractivity contribution in [3.63, 3.8) is 0 Å². The molecular formula is C27H35N3O4. The lowest BCUT2D eigenvalue weighted by molar-refractivity contribution is 0.000421. The Balaban J connectivity index is 1.21. The summed E-state index contributed by atoms with van der Waals surface area (Å²) in [4.78, 5) is 4.99. The molecule has 3 unspecified atom stereocenters. The maximum atomic E-state index is 10.5. The van der Waals surface area contributed by atoms with Crippen molar-refractivity contribution in [2.75, 3.05) is 60.1 Å². The van der Waals surface area contributed by atoms with E-state index in [1.165, 1.54) is 12.0 Å². The van der Waals surface area contributed by atoms with Crippen LogP contribution < -0.4 is 14.2 Å². The van der Waals surface area contributed by atoms with Crippen LogP contribution in [0.4, 0.5) is 0 Å². The van der Waals surface area contributed by atoms with Gasteiger partial charge in [0, 0.05) is 39.3 Å². The highest BCUT2D eigenvalue weighted by Crippen LogP contribution is 2.30. The minimum Gasteiger partial charge on any atom is -0.493 e. The Hall–Kier alpha value is -2.79. The lowest BCUT2D eigenvalue weighted by atomic mass is 9.84. The van der Waals surface area contributed by atoms with E-state index < -0.39 is 6.10 Å². The van der Waals surface area contributed by atoms with Gasteiger partial charge < -0.3 is 24.2 Å². The van der Waals surface area contributed by atoms with E-state index in [0.29, 0.717) is 29.7 Å². The molecule has 0 radical (unpaired) electrons. The van der Waals surface area contributed by atoms with Gasteiger partial charge in [0.15, 0.2) is 11.5 Å². The second kappa shape index (κ2) is 11.6. The zero-order valence-electron chi connectivity index (χ0n) is 20.2. The Labute approximate surface area is 202 Å². The average Bonchev–Trinajstić information content (AvgIpc) is 2.85. The molecule has 0 aliphatic carbocycles. The molecule has 182 valence electrons. The van der Waals surface area contributed by atoms with Crippen LogP contribution in [0.1, 0.15) is 17.5 Å². The minimum atomic E-state index is -0.532. The van der Waals surface area contributed by atoms with Crippen molar-refractivity contribution in [1.29, 1.82) is 5.26 Å². The molecule has 2 aliphatic heterocycles. The number of hydrogen-bond acceptors (Lipinski definition) is 7. The topological polar surface area (TPSA) is 78.2 Å². The second-order valence-corrected chi connectivity index (χ2v) is 9.49. The summed E-state index contributed by atoms with van der Waals surface area (Å²) in [5.74, 6) is 3.52. The molecule has 2 aliphatic rings. The summed E-state index contributed by atoms with van der Waals surface area (Å²) in [7, 11) is 3.34. The zero-order valence-corrected chi connectivity index (χ0v) is 20.2. The normalized spacial score (nSPS) is 21.5. The third kappa shape index (κ3) is 6.41. The van der Waals surface area contributed by atoms with Crippen LogP contribution in [-0.4, -0.2) is 81.1 Å². The minimum absolute atomic E-state index is 0.259. The highest BCUT2D eigenvalue weighted by molar-refractivity contribution is 5.43. The van der Waals surface area contributed by atoms with Gasteiger partial charge in [-0.3, -0.25) is 4.90 Å². The Morgan fingerprint density at radius 1 is 0.971 bits per heavy atom. The number of nitrogens with zero attached hydrogens (tertiary/aromatic N) is 3. The van der Waals surface area contributed by atoms with E-state index in [2.05, 4.69) is 28.0 Å². The molecule has 0 amide bonds. The van der Waals surface area contributed by atoms with Gasteiger partial charge in [0.2, 0.25) is 0 Å². The van der Waals surface area contributed by atoms with Crippen LogP contribution in [0.25, 0.3) is 0 Å². The van der Waals surface area contributed by atoms with Gasteiger partial charge >= 0.3 is 0 Å². The second-order valence-electron chi connectivity index (χ2n) is 9.49. The number of fused-ring (bicyclic) bond motifs is 2. The molecule has 2 fully saturated rings. The summed E-state index contributed by atoms with van der Waals surface area (Å²) < 4.78 is 16.5. The molecule has 2 aromatic rings. The molecule has 3 atom stereocenters. The first-order valence-corrected chi connectivity index (χ1v) is 12.0. The first-order valence-electron chi connectivity index (χ1n) is 12.0. The Morgan fingerprint density at radius 2 is 1.65 bits per heavy atom. The number of methoxy groups -OCH3 is 2. The van der Waals surface area contributed by atoms with Gasteiger partial charge in [0.25, 0.3) is 0 Å². The molecule has 0 aromatic heterocycles. The number of piperidine rings is 2. The van der Waals surface area contributed by atoms with Gasteiger partial charge in [-0.25, -0.2) is 0 Å². The summed E-state index contributed by atoms with van der Waals surface area (Å²) in [6.07, 6.45) is 1.74. The van der Waals surface area contributed by atoms with Gasteiger partial charge in [0.05, 0.1) is 25.9 Å². The van der Waals surface area contributed by atoms with Gasteiger partial charge in [0.1, 0.15) is 18.5 Å². The highest BCUT2D eigenvalue weighted by atomic mass is 16.5. The largest absolute Gasteiger partial charge is 0.493 e. The van der Waals surface area contributed by atoms with E-state index in [9.17, 15) is 5.11 Å². The van der Waals surface area contributed by atoms with E-state index in [-0.39, 0.29) is 6.61 Å². The van der Waals surface area contributed by atoms with Crippen LogP contribution in [0, 0.1) is 23.2 Å². The number of hydrogen-bond donors (Lipinski definition) is 1. The number of aliphatic hydroxyl groups excluding tert-OH is 1. The predicted octanol–water partition coefficient (Wildman–Crippen LogP) is 2.81. The third-order valence-corrected chi connectivity index (χ3v) is 6.79. The number of rotatable bonds is 10. The maximum absolute atomic E-state index is 10.5. The molecule has 2 aromatic carbocycles. The lowest BCUT2D eigenvalue weighted by Gasteiger charge is -2.46. The molecule has 1 N–H and O–H groups in total. The average molecular weight is 466 g/mol. The van der Waals surface area contributed by atoms with Gasteiger partial charge in [-0.05, 0) is 66.6 Å². The Morgan fingerprint density at radius 3 is 2.29 bits per heavy atom. The van der Waals surface area contributed by atoms with Crippen molar-refractivity contribution in [3.8, 4) is 23.3 Å². The monoisotopic (exact) mass is 465 g/mol.